The summed E-state index contributed by atoms with van der Waals surface area (Å²) in [6.07, 6.45) is 1.96. The lowest BCUT2D eigenvalue weighted by molar-refractivity contribution is -0.137. The highest BCUT2D eigenvalue weighted by atomic mass is 16.4. The van der Waals surface area contributed by atoms with Crippen molar-refractivity contribution in [2.75, 3.05) is 0 Å². The Balaban J connectivity index is 2.35. The van der Waals surface area contributed by atoms with Crippen molar-refractivity contribution in [1.82, 2.24) is 0 Å². The zero-order valence-electron chi connectivity index (χ0n) is 8.43. The van der Waals surface area contributed by atoms with Crippen molar-refractivity contribution in [3.63, 3.8) is 0 Å². The van der Waals surface area contributed by atoms with Crippen molar-refractivity contribution in [3.05, 3.63) is 35.8 Å². The number of nitriles is 1. The van der Waals surface area contributed by atoms with E-state index in [1.807, 2.05) is 6.07 Å². The monoisotopic (exact) mass is 215 g/mol. The van der Waals surface area contributed by atoms with Gasteiger partial charge in [0.05, 0.1) is 24.3 Å². The largest absolute Gasteiger partial charge is 0.481 e. The first-order valence-corrected chi connectivity index (χ1v) is 4.82. The molecule has 0 unspecified atom stereocenters. The van der Waals surface area contributed by atoms with Gasteiger partial charge in [-0.2, -0.15) is 5.26 Å². The third-order valence-corrected chi connectivity index (χ3v) is 2.38. The Morgan fingerprint density at radius 2 is 2.31 bits per heavy atom. The molecule has 1 heterocycles. The number of hydrogen-bond acceptors (Lipinski definition) is 3. The Morgan fingerprint density at radius 3 is 3.00 bits per heavy atom. The number of rotatable bonds is 3. The van der Waals surface area contributed by atoms with Crippen molar-refractivity contribution in [1.29, 1.82) is 5.26 Å². The Kier molecular flexibility index (Phi) is 2.61. The van der Waals surface area contributed by atoms with E-state index < -0.39 is 5.97 Å². The molecule has 0 amide bonds. The molecule has 0 bridgehead atoms. The summed E-state index contributed by atoms with van der Waals surface area (Å²) in [7, 11) is 0. The summed E-state index contributed by atoms with van der Waals surface area (Å²) in [5.74, 6) is -0.194. The number of benzene rings is 1. The van der Waals surface area contributed by atoms with E-state index >= 15 is 0 Å². The van der Waals surface area contributed by atoms with Crippen LogP contribution in [0.3, 0.4) is 0 Å². The van der Waals surface area contributed by atoms with E-state index in [0.29, 0.717) is 17.7 Å². The van der Waals surface area contributed by atoms with Gasteiger partial charge < -0.3 is 9.52 Å². The van der Waals surface area contributed by atoms with Gasteiger partial charge in [-0.25, -0.2) is 0 Å². The van der Waals surface area contributed by atoms with Gasteiger partial charge in [-0.15, -0.1) is 0 Å². The van der Waals surface area contributed by atoms with Crippen molar-refractivity contribution >= 4 is 16.7 Å². The van der Waals surface area contributed by atoms with E-state index in [0.717, 1.165) is 10.8 Å². The van der Waals surface area contributed by atoms with Crippen LogP contribution >= 0.6 is 0 Å². The highest BCUT2D eigenvalue weighted by molar-refractivity contribution is 5.85. The van der Waals surface area contributed by atoms with Gasteiger partial charge in [-0.05, 0) is 18.2 Å². The zero-order chi connectivity index (χ0) is 11.5. The van der Waals surface area contributed by atoms with Crippen LogP contribution in [-0.4, -0.2) is 11.1 Å². The van der Waals surface area contributed by atoms with E-state index in [2.05, 4.69) is 0 Å². The highest BCUT2D eigenvalue weighted by Gasteiger charge is 2.08. The van der Waals surface area contributed by atoms with Crippen molar-refractivity contribution in [2.45, 2.75) is 12.8 Å². The molecule has 4 heteroatoms. The van der Waals surface area contributed by atoms with Crippen LogP contribution in [0.25, 0.3) is 10.8 Å². The summed E-state index contributed by atoms with van der Waals surface area (Å²) in [6.45, 7) is 0. The van der Waals surface area contributed by atoms with E-state index in [4.69, 9.17) is 14.8 Å². The minimum Gasteiger partial charge on any atom is -0.481 e. The maximum atomic E-state index is 10.4. The molecule has 2 aromatic rings. The average Bonchev–Trinajstić information content (AvgIpc) is 2.68. The van der Waals surface area contributed by atoms with Crippen LogP contribution in [0.2, 0.25) is 0 Å². The number of hydrogen-bond donors (Lipinski definition) is 1. The van der Waals surface area contributed by atoms with Crippen LogP contribution in [0.15, 0.2) is 28.9 Å². The average molecular weight is 215 g/mol. The first kappa shape index (κ1) is 10.2. The summed E-state index contributed by atoms with van der Waals surface area (Å²) in [5.41, 5.74) is 0.568. The number of fused-ring (bicyclic) bond motifs is 1. The van der Waals surface area contributed by atoms with E-state index in [9.17, 15) is 4.79 Å². The van der Waals surface area contributed by atoms with Crippen LogP contribution in [0.5, 0.6) is 0 Å². The molecule has 1 N–H and O–H groups in total. The maximum absolute atomic E-state index is 10.4. The van der Waals surface area contributed by atoms with Gasteiger partial charge in [0.2, 0.25) is 0 Å². The van der Waals surface area contributed by atoms with Gasteiger partial charge in [-0.1, -0.05) is 0 Å². The van der Waals surface area contributed by atoms with E-state index in [-0.39, 0.29) is 6.42 Å². The number of carboxylic acids is 1. The second kappa shape index (κ2) is 4.07. The van der Waals surface area contributed by atoms with Crippen LogP contribution in [0.1, 0.15) is 17.7 Å². The normalized spacial score (nSPS) is 10.2. The Hall–Kier alpha value is -2.28. The molecule has 1 aromatic heterocycles. The molecule has 0 aliphatic heterocycles. The molecule has 0 saturated carbocycles. The molecule has 1 aromatic carbocycles. The molecule has 0 radical (unpaired) electrons. The van der Waals surface area contributed by atoms with Crippen LogP contribution in [-0.2, 0) is 11.2 Å². The minimum absolute atomic E-state index is 0.0443. The number of aryl methyl sites for hydroxylation is 1. The summed E-state index contributed by atoms with van der Waals surface area (Å²) in [6, 6.07) is 7.25. The lowest BCUT2D eigenvalue weighted by atomic mass is 10.1. The van der Waals surface area contributed by atoms with Crippen molar-refractivity contribution < 1.29 is 14.3 Å². The maximum Gasteiger partial charge on any atom is 0.303 e. The van der Waals surface area contributed by atoms with Crippen LogP contribution in [0.4, 0.5) is 0 Å². The molecule has 4 nitrogen and oxygen atoms in total. The van der Waals surface area contributed by atoms with Gasteiger partial charge in [0.15, 0.2) is 0 Å². The number of furan rings is 1. The molecule has 80 valence electrons. The lowest BCUT2D eigenvalue weighted by Gasteiger charge is -1.95. The number of aliphatic carboxylic acids is 1. The van der Waals surface area contributed by atoms with Gasteiger partial charge in [0, 0.05) is 17.2 Å². The molecule has 16 heavy (non-hydrogen) atoms. The van der Waals surface area contributed by atoms with Gasteiger partial charge in [-0.3, -0.25) is 4.79 Å². The summed E-state index contributed by atoms with van der Waals surface area (Å²) < 4.78 is 5.29. The van der Waals surface area contributed by atoms with Gasteiger partial charge >= 0.3 is 5.97 Å². The Labute approximate surface area is 91.7 Å². The molecule has 0 spiro atoms. The first-order valence-electron chi connectivity index (χ1n) is 4.82. The Morgan fingerprint density at radius 1 is 1.50 bits per heavy atom. The molecule has 2 rings (SSSR count). The van der Waals surface area contributed by atoms with Crippen molar-refractivity contribution in [3.8, 4) is 6.07 Å². The SMILES string of the molecule is N#Cc1ccc2c(CCC(=O)O)occ2c1. The van der Waals surface area contributed by atoms with Gasteiger partial charge in [0.25, 0.3) is 0 Å². The fourth-order valence-corrected chi connectivity index (χ4v) is 1.60. The molecule has 0 saturated heterocycles. The topological polar surface area (TPSA) is 74.2 Å². The van der Waals surface area contributed by atoms with Gasteiger partial charge in [0.1, 0.15) is 5.76 Å². The minimum atomic E-state index is -0.849. The number of carboxylic acid groups (broad SMARTS) is 1. The summed E-state index contributed by atoms with van der Waals surface area (Å²) in [5, 5.41) is 19.0. The van der Waals surface area contributed by atoms with E-state index in [1.54, 1.807) is 24.5 Å². The summed E-state index contributed by atoms with van der Waals surface area (Å²) in [4.78, 5) is 10.4. The van der Waals surface area contributed by atoms with Crippen LogP contribution in [0, 0.1) is 11.3 Å². The molecule has 0 fully saturated rings. The second-order valence-electron chi connectivity index (χ2n) is 3.47. The van der Waals surface area contributed by atoms with Crippen LogP contribution < -0.4 is 0 Å². The summed E-state index contributed by atoms with van der Waals surface area (Å²) >= 11 is 0. The fraction of sp³-hybridized carbons (Fsp3) is 0.167. The molecule has 0 aliphatic carbocycles. The van der Waals surface area contributed by atoms with Crippen molar-refractivity contribution in [2.24, 2.45) is 0 Å². The molecule has 0 atom stereocenters. The molecular weight excluding hydrogens is 206 g/mol. The number of nitrogens with zero attached hydrogens (tertiary/aromatic N) is 1. The first-order chi connectivity index (χ1) is 7.70. The Bertz CT molecular complexity index is 577. The third kappa shape index (κ3) is 1.89. The fourth-order valence-electron chi connectivity index (χ4n) is 1.60. The lowest BCUT2D eigenvalue weighted by Crippen LogP contribution is -1.96. The smallest absolute Gasteiger partial charge is 0.303 e. The van der Waals surface area contributed by atoms with E-state index in [1.165, 1.54) is 0 Å². The quantitative estimate of drug-likeness (QED) is 0.852. The number of carbonyl (C=O) groups is 1. The zero-order valence-corrected chi connectivity index (χ0v) is 8.43. The third-order valence-electron chi connectivity index (χ3n) is 2.38. The standard InChI is InChI=1S/C12H9NO3/c13-6-8-1-2-10-9(5-8)7-16-11(10)3-4-12(14)15/h1-2,5,7H,3-4H2,(H,14,15). The molecular formula is C12H9NO3. The highest BCUT2D eigenvalue weighted by Crippen LogP contribution is 2.23. The predicted octanol–water partition coefficient (Wildman–Crippen LogP) is 2.32. The predicted molar refractivity (Wildman–Crippen MR) is 56.9 cm³/mol. The molecule has 0 aliphatic rings. The second-order valence-corrected chi connectivity index (χ2v) is 3.47.